The molecule has 0 spiro atoms. The van der Waals surface area contributed by atoms with Crippen LogP contribution in [0, 0.1) is 0 Å². The maximum atomic E-state index is 12.9. The Morgan fingerprint density at radius 3 is 2.38 bits per heavy atom. The Balaban J connectivity index is 2.12. The van der Waals surface area contributed by atoms with Crippen LogP contribution in [0.1, 0.15) is 18.5 Å². The largest absolute Gasteiger partial charge is 0.493 e. The van der Waals surface area contributed by atoms with Crippen LogP contribution in [0.4, 0.5) is 5.95 Å². The number of anilines is 1. The Morgan fingerprint density at radius 2 is 1.79 bits per heavy atom. The van der Waals surface area contributed by atoms with Gasteiger partial charge in [-0.25, -0.2) is 9.48 Å². The number of fused-ring (bicyclic) bond motifs is 1. The third kappa shape index (κ3) is 3.83. The van der Waals surface area contributed by atoms with E-state index < -0.39 is 12.0 Å². The summed E-state index contributed by atoms with van der Waals surface area (Å²) in [6.45, 7) is 2.23. The van der Waals surface area contributed by atoms with E-state index in [1.165, 1.54) is 27.7 Å². The van der Waals surface area contributed by atoms with Crippen LogP contribution in [0.3, 0.4) is 0 Å². The number of esters is 1. The van der Waals surface area contributed by atoms with Gasteiger partial charge < -0.3 is 29.0 Å². The summed E-state index contributed by atoms with van der Waals surface area (Å²) in [5, 5.41) is 7.39. The zero-order chi connectivity index (χ0) is 21.0. The van der Waals surface area contributed by atoms with Crippen molar-refractivity contribution in [3.05, 3.63) is 35.3 Å². The first kappa shape index (κ1) is 20.5. The number of carbonyl (C=O) groups is 1. The Bertz CT molecular complexity index is 898. The minimum atomic E-state index is -0.600. The molecule has 1 N–H and O–H groups in total. The number of nitrogens with zero attached hydrogens (tertiary/aromatic N) is 3. The van der Waals surface area contributed by atoms with Gasteiger partial charge >= 0.3 is 5.97 Å². The molecule has 10 heteroatoms. The van der Waals surface area contributed by atoms with Gasteiger partial charge in [-0.2, -0.15) is 10.1 Å². The fourth-order valence-electron chi connectivity index (χ4n) is 3.22. The van der Waals surface area contributed by atoms with Crippen molar-refractivity contribution in [1.82, 2.24) is 14.8 Å². The second-order valence-electron chi connectivity index (χ2n) is 6.18. The zero-order valence-electron chi connectivity index (χ0n) is 17.0. The first-order valence-corrected chi connectivity index (χ1v) is 8.88. The van der Waals surface area contributed by atoms with Gasteiger partial charge in [0.05, 0.1) is 33.5 Å². The summed E-state index contributed by atoms with van der Waals surface area (Å²) in [7, 11) is 6.14. The first-order chi connectivity index (χ1) is 14.0. The van der Waals surface area contributed by atoms with Crippen molar-refractivity contribution in [2.75, 3.05) is 47.0 Å². The summed E-state index contributed by atoms with van der Waals surface area (Å²) in [5.41, 5.74) is 1.71. The van der Waals surface area contributed by atoms with Gasteiger partial charge in [-0.05, 0) is 24.6 Å². The van der Waals surface area contributed by atoms with Gasteiger partial charge in [0.25, 0.3) is 0 Å². The number of nitrogens with one attached hydrogen (secondary N) is 1. The van der Waals surface area contributed by atoms with E-state index in [-0.39, 0.29) is 6.61 Å². The maximum Gasteiger partial charge on any atom is 0.338 e. The van der Waals surface area contributed by atoms with Crippen molar-refractivity contribution in [2.24, 2.45) is 0 Å². The number of carbonyl (C=O) groups excluding carboxylic acids is 1. The van der Waals surface area contributed by atoms with E-state index in [9.17, 15) is 4.79 Å². The summed E-state index contributed by atoms with van der Waals surface area (Å²) < 4.78 is 28.3. The van der Waals surface area contributed by atoms with Crippen LogP contribution < -0.4 is 19.5 Å². The number of ether oxygens (including phenoxy) is 5. The van der Waals surface area contributed by atoms with Crippen LogP contribution in [0.25, 0.3) is 0 Å². The molecule has 156 valence electrons. The van der Waals surface area contributed by atoms with E-state index in [0.29, 0.717) is 46.6 Å². The third-order valence-corrected chi connectivity index (χ3v) is 4.54. The normalized spacial score (nSPS) is 15.4. The minimum Gasteiger partial charge on any atom is -0.493 e. The molecule has 0 unspecified atom stereocenters. The number of benzene rings is 1. The molecule has 0 radical (unpaired) electrons. The highest BCUT2D eigenvalue weighted by molar-refractivity contribution is 5.92. The topological polar surface area (TPSA) is 106 Å². The van der Waals surface area contributed by atoms with Gasteiger partial charge in [-0.15, -0.1) is 0 Å². The van der Waals surface area contributed by atoms with Crippen molar-refractivity contribution in [1.29, 1.82) is 0 Å². The molecule has 0 amide bonds. The molecular weight excluding hydrogens is 380 g/mol. The van der Waals surface area contributed by atoms with Crippen molar-refractivity contribution in [3.63, 3.8) is 0 Å². The van der Waals surface area contributed by atoms with Crippen LogP contribution in [0.2, 0.25) is 0 Å². The lowest BCUT2D eigenvalue weighted by Gasteiger charge is -2.29. The molecule has 1 aromatic heterocycles. The molecule has 10 nitrogen and oxygen atoms in total. The number of hydrogen-bond acceptors (Lipinski definition) is 9. The quantitative estimate of drug-likeness (QED) is 0.520. The van der Waals surface area contributed by atoms with Crippen molar-refractivity contribution >= 4 is 11.9 Å². The molecule has 0 saturated carbocycles. The Labute approximate surface area is 168 Å². The van der Waals surface area contributed by atoms with Gasteiger partial charge in [-0.1, -0.05) is 0 Å². The third-order valence-electron chi connectivity index (χ3n) is 4.54. The Morgan fingerprint density at radius 1 is 1.10 bits per heavy atom. The van der Waals surface area contributed by atoms with Gasteiger partial charge in [0.2, 0.25) is 11.7 Å². The van der Waals surface area contributed by atoms with E-state index in [2.05, 4.69) is 15.4 Å². The smallest absolute Gasteiger partial charge is 0.338 e. The predicted octanol–water partition coefficient (Wildman–Crippen LogP) is 1.78. The van der Waals surface area contributed by atoms with Gasteiger partial charge in [-0.3, -0.25) is 0 Å². The first-order valence-electron chi connectivity index (χ1n) is 8.88. The molecule has 3 rings (SSSR count). The van der Waals surface area contributed by atoms with E-state index >= 15 is 0 Å². The second-order valence-corrected chi connectivity index (χ2v) is 6.18. The number of allylic oxidation sites excluding steroid dienone is 1. The number of aromatic nitrogens is 3. The minimum absolute atomic E-state index is 0.137. The van der Waals surface area contributed by atoms with Crippen LogP contribution in [-0.4, -0.2) is 62.4 Å². The Hall–Kier alpha value is -3.27. The maximum absolute atomic E-state index is 12.9. The molecule has 29 heavy (non-hydrogen) atoms. The summed E-state index contributed by atoms with van der Waals surface area (Å²) in [4.78, 5) is 17.1. The Kier molecular flexibility index (Phi) is 6.23. The number of methoxy groups -OCH3 is 4. The summed E-state index contributed by atoms with van der Waals surface area (Å²) in [6, 6.07) is 2.95. The molecule has 1 aromatic carbocycles. The summed E-state index contributed by atoms with van der Waals surface area (Å²) >= 11 is 0. The predicted molar refractivity (Wildman–Crippen MR) is 103 cm³/mol. The highest BCUT2D eigenvalue weighted by Gasteiger charge is 2.35. The molecule has 1 atom stereocenters. The molecule has 0 fully saturated rings. The number of hydrogen-bond donors (Lipinski definition) is 1. The fraction of sp³-hybridized carbons (Fsp3) is 0.421. The van der Waals surface area contributed by atoms with Crippen molar-refractivity contribution in [3.8, 4) is 17.2 Å². The molecule has 2 heterocycles. The molecule has 1 aliphatic rings. The standard InChI is InChI=1S/C19H24N4O6/c1-11-15(18(24)29-7-6-25-2)16(23-19(22-11)20-10-21-23)12-8-13(26-3)17(28-5)14(9-12)27-4/h8-10,16H,6-7H2,1-5H3,(H,20,21,22)/t16-/m0/s1. The van der Waals surface area contributed by atoms with E-state index in [0.717, 1.165) is 0 Å². The van der Waals surface area contributed by atoms with E-state index in [1.54, 1.807) is 30.8 Å². The van der Waals surface area contributed by atoms with Gasteiger partial charge in [0.15, 0.2) is 11.5 Å². The van der Waals surface area contributed by atoms with Gasteiger partial charge in [0.1, 0.15) is 19.0 Å². The zero-order valence-corrected chi connectivity index (χ0v) is 17.0. The SMILES string of the molecule is COCCOC(=O)C1=C(C)Nc2ncnn2[C@H]1c1cc(OC)c(OC)c(OC)c1. The van der Waals surface area contributed by atoms with Crippen LogP contribution >= 0.6 is 0 Å². The highest BCUT2D eigenvalue weighted by atomic mass is 16.6. The lowest BCUT2D eigenvalue weighted by Crippen LogP contribution is -2.30. The molecule has 0 aliphatic carbocycles. The molecule has 2 aromatic rings. The average molecular weight is 404 g/mol. The van der Waals surface area contributed by atoms with Crippen LogP contribution in [0.5, 0.6) is 17.2 Å². The summed E-state index contributed by atoms with van der Waals surface area (Å²) in [6.07, 6.45) is 1.42. The molecule has 0 bridgehead atoms. The molecule has 1 aliphatic heterocycles. The van der Waals surface area contributed by atoms with Gasteiger partial charge in [0, 0.05) is 12.8 Å². The van der Waals surface area contributed by atoms with E-state index in [4.69, 9.17) is 23.7 Å². The number of rotatable bonds is 8. The van der Waals surface area contributed by atoms with Crippen LogP contribution in [-0.2, 0) is 14.3 Å². The molecule has 0 saturated heterocycles. The highest BCUT2D eigenvalue weighted by Crippen LogP contribution is 2.43. The molecular formula is C19H24N4O6. The summed E-state index contributed by atoms with van der Waals surface area (Å²) in [5.74, 6) is 1.41. The lowest BCUT2D eigenvalue weighted by molar-refractivity contribution is -0.140. The van der Waals surface area contributed by atoms with Crippen LogP contribution in [0.15, 0.2) is 29.7 Å². The van der Waals surface area contributed by atoms with E-state index in [1.807, 2.05) is 0 Å². The second kappa shape index (κ2) is 8.82. The fourth-order valence-corrected chi connectivity index (χ4v) is 3.22. The monoisotopic (exact) mass is 404 g/mol. The van der Waals surface area contributed by atoms with Crippen molar-refractivity contribution in [2.45, 2.75) is 13.0 Å². The lowest BCUT2D eigenvalue weighted by atomic mass is 9.95. The van der Waals surface area contributed by atoms with Crippen molar-refractivity contribution < 1.29 is 28.5 Å². The average Bonchev–Trinajstić information content (AvgIpc) is 3.19.